The van der Waals surface area contributed by atoms with Gasteiger partial charge in [-0.15, -0.1) is 0 Å². The molecule has 0 aliphatic rings. The van der Waals surface area contributed by atoms with Crippen LogP contribution in [0.3, 0.4) is 0 Å². The number of carbonyl (C=O) groups is 1. The number of esters is 1. The third kappa shape index (κ3) is 4.18. The van der Waals surface area contributed by atoms with E-state index >= 15 is 0 Å². The fourth-order valence-corrected chi connectivity index (χ4v) is 1.60. The molecule has 0 aromatic carbocycles. The van der Waals surface area contributed by atoms with Crippen molar-refractivity contribution in [3.05, 3.63) is 0 Å². The normalized spacial score (nSPS) is 15.2. The molecule has 7 heteroatoms. The van der Waals surface area contributed by atoms with Crippen LogP contribution in [0.25, 0.3) is 0 Å². The van der Waals surface area contributed by atoms with E-state index in [4.69, 9.17) is 23.7 Å². The van der Waals surface area contributed by atoms with Crippen molar-refractivity contribution in [1.29, 1.82) is 0 Å². The molecule has 0 rings (SSSR count). The van der Waals surface area contributed by atoms with Crippen LogP contribution < -0.4 is 0 Å². The number of hydrogen-bond acceptors (Lipinski definition) is 7. The number of aliphatic hydroxyl groups is 1. The van der Waals surface area contributed by atoms with Crippen LogP contribution in [0.4, 0.5) is 0 Å². The highest BCUT2D eigenvalue weighted by Gasteiger charge is 2.47. The summed E-state index contributed by atoms with van der Waals surface area (Å²) in [6, 6.07) is 0. The lowest BCUT2D eigenvalue weighted by Crippen LogP contribution is -2.49. The van der Waals surface area contributed by atoms with E-state index in [1.54, 1.807) is 6.92 Å². The lowest BCUT2D eigenvalue weighted by molar-refractivity contribution is -0.378. The topological polar surface area (TPSA) is 83.5 Å². The first-order valence-corrected chi connectivity index (χ1v) is 5.54. The smallest absolute Gasteiger partial charge is 0.317 e. The van der Waals surface area contributed by atoms with E-state index in [9.17, 15) is 9.90 Å². The van der Waals surface area contributed by atoms with Gasteiger partial charge in [-0.05, 0) is 6.92 Å². The van der Waals surface area contributed by atoms with E-state index in [2.05, 4.69) is 0 Å². The number of aliphatic hydroxyl groups excluding tert-OH is 1. The zero-order chi connectivity index (χ0) is 14.2. The van der Waals surface area contributed by atoms with E-state index < -0.39 is 24.2 Å². The molecule has 0 saturated carbocycles. The average molecular weight is 266 g/mol. The lowest BCUT2D eigenvalue weighted by Gasteiger charge is -2.35. The molecule has 0 spiro atoms. The Labute approximate surface area is 107 Å². The number of carbonyl (C=O) groups excluding carboxylic acids is 1. The van der Waals surface area contributed by atoms with Gasteiger partial charge in [0.25, 0.3) is 5.97 Å². The Bertz CT molecular complexity index is 231. The molecule has 0 aromatic rings. The summed E-state index contributed by atoms with van der Waals surface area (Å²) in [6.07, 6.45) is -1.23. The van der Waals surface area contributed by atoms with Crippen molar-refractivity contribution in [2.24, 2.45) is 5.92 Å². The minimum atomic E-state index is -1.62. The maximum Gasteiger partial charge on any atom is 0.317 e. The summed E-state index contributed by atoms with van der Waals surface area (Å²) >= 11 is 0. The number of methoxy groups -OCH3 is 4. The van der Waals surface area contributed by atoms with E-state index in [0.29, 0.717) is 0 Å². The Balaban J connectivity index is 5.09. The largest absolute Gasteiger partial charge is 0.466 e. The zero-order valence-electron chi connectivity index (χ0n) is 11.5. The van der Waals surface area contributed by atoms with Crippen molar-refractivity contribution < 1.29 is 33.6 Å². The van der Waals surface area contributed by atoms with Crippen LogP contribution in [0, 0.1) is 5.92 Å². The van der Waals surface area contributed by atoms with Crippen molar-refractivity contribution in [2.75, 3.05) is 35.0 Å². The Morgan fingerprint density at radius 2 is 1.67 bits per heavy atom. The summed E-state index contributed by atoms with van der Waals surface area (Å²) in [6.45, 7) is 1.88. The van der Waals surface area contributed by atoms with Crippen LogP contribution in [0.1, 0.15) is 13.3 Å². The molecule has 2 atom stereocenters. The molecular weight excluding hydrogens is 244 g/mol. The van der Waals surface area contributed by atoms with E-state index in [1.165, 1.54) is 28.4 Å². The summed E-state index contributed by atoms with van der Waals surface area (Å²) in [4.78, 5) is 11.9. The SMILES string of the molecule is CCOC(=O)C(CC(O)OC)C(OC)(OC)OC. The van der Waals surface area contributed by atoms with Gasteiger partial charge in [0.05, 0.1) is 6.61 Å². The zero-order valence-corrected chi connectivity index (χ0v) is 11.5. The van der Waals surface area contributed by atoms with Gasteiger partial charge < -0.3 is 28.8 Å². The maximum atomic E-state index is 11.9. The molecule has 0 bridgehead atoms. The van der Waals surface area contributed by atoms with Crippen LogP contribution in [0.2, 0.25) is 0 Å². The van der Waals surface area contributed by atoms with Crippen LogP contribution in [0.5, 0.6) is 0 Å². The van der Waals surface area contributed by atoms with Gasteiger partial charge in [-0.25, -0.2) is 0 Å². The van der Waals surface area contributed by atoms with Gasteiger partial charge in [0, 0.05) is 34.9 Å². The maximum absolute atomic E-state index is 11.9. The molecule has 1 N–H and O–H groups in total. The van der Waals surface area contributed by atoms with E-state index in [1.807, 2.05) is 0 Å². The van der Waals surface area contributed by atoms with Crippen molar-refractivity contribution in [3.8, 4) is 0 Å². The predicted octanol–water partition coefficient (Wildman–Crippen LogP) is 0.114. The lowest BCUT2D eigenvalue weighted by atomic mass is 10.0. The number of rotatable bonds is 9. The van der Waals surface area contributed by atoms with Crippen LogP contribution in [0.15, 0.2) is 0 Å². The molecule has 7 nitrogen and oxygen atoms in total. The van der Waals surface area contributed by atoms with Gasteiger partial charge in [-0.2, -0.15) is 0 Å². The quantitative estimate of drug-likeness (QED) is 0.468. The average Bonchev–Trinajstić information content (AvgIpc) is 2.39. The van der Waals surface area contributed by atoms with Gasteiger partial charge in [0.1, 0.15) is 5.92 Å². The fourth-order valence-electron chi connectivity index (χ4n) is 1.60. The molecule has 0 aliphatic carbocycles. The predicted molar refractivity (Wildman–Crippen MR) is 61.5 cm³/mol. The van der Waals surface area contributed by atoms with Crippen molar-refractivity contribution in [2.45, 2.75) is 25.6 Å². The van der Waals surface area contributed by atoms with E-state index in [-0.39, 0.29) is 13.0 Å². The second-order valence-electron chi connectivity index (χ2n) is 3.45. The molecule has 18 heavy (non-hydrogen) atoms. The van der Waals surface area contributed by atoms with Crippen molar-refractivity contribution in [3.63, 3.8) is 0 Å². The first kappa shape index (κ1) is 17.3. The Morgan fingerprint density at radius 1 is 1.17 bits per heavy atom. The van der Waals surface area contributed by atoms with Gasteiger partial charge in [0.2, 0.25) is 0 Å². The molecule has 0 radical (unpaired) electrons. The standard InChI is InChI=1S/C11H22O7/c1-6-18-10(13)8(7-9(12)14-2)11(15-3,16-4)17-5/h8-9,12H,6-7H2,1-5H3. The Morgan fingerprint density at radius 3 is 2.00 bits per heavy atom. The second-order valence-corrected chi connectivity index (χ2v) is 3.45. The second kappa shape index (κ2) is 8.39. The van der Waals surface area contributed by atoms with Crippen LogP contribution in [-0.4, -0.2) is 58.4 Å². The number of hydrogen-bond donors (Lipinski definition) is 1. The molecular formula is C11H22O7. The fraction of sp³-hybridized carbons (Fsp3) is 0.909. The molecule has 0 saturated heterocycles. The molecule has 0 heterocycles. The first-order valence-electron chi connectivity index (χ1n) is 5.54. The molecule has 2 unspecified atom stereocenters. The molecule has 0 aromatic heterocycles. The van der Waals surface area contributed by atoms with Gasteiger partial charge in [-0.1, -0.05) is 0 Å². The third-order valence-electron chi connectivity index (χ3n) is 2.56. The summed E-state index contributed by atoms with van der Waals surface area (Å²) in [5, 5.41) is 9.50. The third-order valence-corrected chi connectivity index (χ3v) is 2.56. The molecule has 0 amide bonds. The van der Waals surface area contributed by atoms with Gasteiger partial charge in [0.15, 0.2) is 6.29 Å². The first-order chi connectivity index (χ1) is 8.51. The summed E-state index contributed by atoms with van der Waals surface area (Å²) in [5.41, 5.74) is 0. The minimum absolute atomic E-state index is 0.0785. The highest BCUT2D eigenvalue weighted by molar-refractivity contribution is 5.73. The minimum Gasteiger partial charge on any atom is -0.466 e. The van der Waals surface area contributed by atoms with Gasteiger partial charge >= 0.3 is 5.97 Å². The van der Waals surface area contributed by atoms with Crippen molar-refractivity contribution in [1.82, 2.24) is 0 Å². The van der Waals surface area contributed by atoms with Crippen molar-refractivity contribution >= 4 is 5.97 Å². The molecule has 0 fully saturated rings. The monoisotopic (exact) mass is 266 g/mol. The number of ether oxygens (including phenoxy) is 5. The molecule has 0 aliphatic heterocycles. The highest BCUT2D eigenvalue weighted by Crippen LogP contribution is 2.29. The summed E-state index contributed by atoms with van der Waals surface area (Å²) < 4.78 is 24.9. The summed E-state index contributed by atoms with van der Waals surface area (Å²) in [5.74, 6) is -3.20. The van der Waals surface area contributed by atoms with Crippen LogP contribution >= 0.6 is 0 Å². The van der Waals surface area contributed by atoms with Crippen LogP contribution in [-0.2, 0) is 28.5 Å². The summed E-state index contributed by atoms with van der Waals surface area (Å²) in [7, 11) is 5.32. The Hall–Kier alpha value is -0.730. The van der Waals surface area contributed by atoms with E-state index in [0.717, 1.165) is 0 Å². The highest BCUT2D eigenvalue weighted by atomic mass is 16.9. The van der Waals surface area contributed by atoms with Gasteiger partial charge in [-0.3, -0.25) is 4.79 Å². The Kier molecular flexibility index (Phi) is 8.05. The molecule has 108 valence electrons.